The summed E-state index contributed by atoms with van der Waals surface area (Å²) >= 11 is 1.65. The van der Waals surface area contributed by atoms with Crippen LogP contribution in [0.1, 0.15) is 24.3 Å². The molecule has 1 unspecified atom stereocenters. The minimum Gasteiger partial charge on any atom is -0.338 e. The first-order valence-electron chi connectivity index (χ1n) is 5.19. The number of carbonyl (C=O) groups is 1. The van der Waals surface area contributed by atoms with Gasteiger partial charge < -0.3 is 10.2 Å². The summed E-state index contributed by atoms with van der Waals surface area (Å²) in [6.07, 6.45) is 2.85. The van der Waals surface area contributed by atoms with E-state index in [0.29, 0.717) is 5.92 Å². The van der Waals surface area contributed by atoms with E-state index in [2.05, 4.69) is 17.2 Å². The Morgan fingerprint density at radius 1 is 1.73 bits per heavy atom. The molecular formula is C10H15N3OS. The Kier molecular flexibility index (Phi) is 3.20. The number of hydrogen-bond acceptors (Lipinski definition) is 3. The van der Waals surface area contributed by atoms with Crippen LogP contribution in [0, 0.1) is 0 Å². The minimum absolute atomic E-state index is 0.0599. The highest BCUT2D eigenvalue weighted by Gasteiger charge is 2.20. The van der Waals surface area contributed by atoms with Crippen LogP contribution in [0.3, 0.4) is 0 Å². The third kappa shape index (κ3) is 2.47. The highest BCUT2D eigenvalue weighted by atomic mass is 32.1. The van der Waals surface area contributed by atoms with Gasteiger partial charge in [0.05, 0.1) is 5.01 Å². The molecule has 0 spiro atoms. The molecule has 1 fully saturated rings. The second-order valence-corrected chi connectivity index (χ2v) is 4.73. The van der Waals surface area contributed by atoms with Crippen molar-refractivity contribution >= 4 is 17.4 Å². The fourth-order valence-corrected chi connectivity index (χ4v) is 2.43. The zero-order chi connectivity index (χ0) is 10.7. The standard InChI is InChI=1S/C10H15N3OS/c1-8(9-11-4-6-15-9)7-13-5-2-3-12-10(13)14/h4,6,8H,2-3,5,7H2,1H3,(H,12,14). The molecule has 82 valence electrons. The summed E-state index contributed by atoms with van der Waals surface area (Å²) in [4.78, 5) is 17.6. The summed E-state index contributed by atoms with van der Waals surface area (Å²) in [5.74, 6) is 0.328. The zero-order valence-corrected chi connectivity index (χ0v) is 9.59. The predicted octanol–water partition coefficient (Wildman–Crippen LogP) is 1.66. The van der Waals surface area contributed by atoms with E-state index in [4.69, 9.17) is 0 Å². The summed E-state index contributed by atoms with van der Waals surface area (Å²) in [6, 6.07) is 0.0599. The summed E-state index contributed by atoms with van der Waals surface area (Å²) in [6.45, 7) is 4.54. The number of nitrogens with one attached hydrogen (secondary N) is 1. The van der Waals surface area contributed by atoms with Crippen LogP contribution in [-0.2, 0) is 0 Å². The molecule has 2 heterocycles. The van der Waals surface area contributed by atoms with Crippen molar-refractivity contribution in [2.45, 2.75) is 19.3 Å². The molecule has 1 aliphatic rings. The van der Waals surface area contributed by atoms with Gasteiger partial charge in [-0.3, -0.25) is 0 Å². The first-order chi connectivity index (χ1) is 7.27. The van der Waals surface area contributed by atoms with E-state index in [1.807, 2.05) is 16.5 Å². The zero-order valence-electron chi connectivity index (χ0n) is 8.77. The van der Waals surface area contributed by atoms with Gasteiger partial charge in [-0.15, -0.1) is 11.3 Å². The van der Waals surface area contributed by atoms with Crippen LogP contribution in [0.2, 0.25) is 0 Å². The smallest absolute Gasteiger partial charge is 0.317 e. The first kappa shape index (κ1) is 10.4. The van der Waals surface area contributed by atoms with Crippen molar-refractivity contribution in [3.63, 3.8) is 0 Å². The van der Waals surface area contributed by atoms with Crippen LogP contribution in [-0.4, -0.2) is 35.5 Å². The summed E-state index contributed by atoms with van der Waals surface area (Å²) in [7, 11) is 0. The summed E-state index contributed by atoms with van der Waals surface area (Å²) in [5.41, 5.74) is 0. The fraction of sp³-hybridized carbons (Fsp3) is 0.600. The van der Waals surface area contributed by atoms with Crippen LogP contribution in [0.25, 0.3) is 0 Å². The van der Waals surface area contributed by atoms with Gasteiger partial charge in [0.25, 0.3) is 0 Å². The summed E-state index contributed by atoms with van der Waals surface area (Å²) < 4.78 is 0. The van der Waals surface area contributed by atoms with E-state index in [9.17, 15) is 4.79 Å². The van der Waals surface area contributed by atoms with Crippen molar-refractivity contribution in [3.8, 4) is 0 Å². The maximum atomic E-state index is 11.5. The van der Waals surface area contributed by atoms with Crippen LogP contribution in [0.15, 0.2) is 11.6 Å². The van der Waals surface area contributed by atoms with Gasteiger partial charge in [0.15, 0.2) is 0 Å². The molecule has 0 aliphatic carbocycles. The summed E-state index contributed by atoms with van der Waals surface area (Å²) in [5, 5.41) is 5.93. The van der Waals surface area contributed by atoms with Crippen molar-refractivity contribution in [2.75, 3.05) is 19.6 Å². The van der Waals surface area contributed by atoms with Gasteiger partial charge in [-0.2, -0.15) is 0 Å². The van der Waals surface area contributed by atoms with Crippen molar-refractivity contribution in [1.29, 1.82) is 0 Å². The Morgan fingerprint density at radius 3 is 3.27 bits per heavy atom. The molecule has 5 heteroatoms. The van der Waals surface area contributed by atoms with Crippen molar-refractivity contribution < 1.29 is 4.79 Å². The molecule has 1 N–H and O–H groups in total. The molecule has 1 aromatic rings. The molecule has 1 aliphatic heterocycles. The van der Waals surface area contributed by atoms with E-state index in [1.54, 1.807) is 11.3 Å². The van der Waals surface area contributed by atoms with Gasteiger partial charge in [0.2, 0.25) is 0 Å². The number of aromatic nitrogens is 1. The Bertz CT molecular complexity index is 325. The van der Waals surface area contributed by atoms with E-state index < -0.39 is 0 Å². The van der Waals surface area contributed by atoms with Crippen LogP contribution < -0.4 is 5.32 Å². The molecule has 0 saturated carbocycles. The maximum Gasteiger partial charge on any atom is 0.317 e. The van der Waals surface area contributed by atoms with Crippen molar-refractivity contribution in [1.82, 2.24) is 15.2 Å². The molecule has 2 amide bonds. The molecule has 1 saturated heterocycles. The molecule has 1 atom stereocenters. The Labute approximate surface area is 93.3 Å². The number of carbonyl (C=O) groups excluding carboxylic acids is 1. The van der Waals surface area contributed by atoms with Gasteiger partial charge in [0.1, 0.15) is 0 Å². The number of amides is 2. The lowest BCUT2D eigenvalue weighted by atomic mass is 10.1. The lowest BCUT2D eigenvalue weighted by Crippen LogP contribution is -2.47. The van der Waals surface area contributed by atoms with Gasteiger partial charge in [-0.1, -0.05) is 6.92 Å². The van der Waals surface area contributed by atoms with E-state index >= 15 is 0 Å². The number of nitrogens with zero attached hydrogens (tertiary/aromatic N) is 2. The van der Waals surface area contributed by atoms with E-state index in [0.717, 1.165) is 31.1 Å². The average Bonchev–Trinajstić information content (AvgIpc) is 2.74. The van der Waals surface area contributed by atoms with Crippen LogP contribution >= 0.6 is 11.3 Å². The molecule has 2 rings (SSSR count). The average molecular weight is 225 g/mol. The minimum atomic E-state index is 0.0599. The molecule has 4 nitrogen and oxygen atoms in total. The molecule has 1 aromatic heterocycles. The maximum absolute atomic E-state index is 11.5. The van der Waals surface area contributed by atoms with Gasteiger partial charge in [-0.25, -0.2) is 9.78 Å². The fourth-order valence-electron chi connectivity index (χ4n) is 1.74. The highest BCUT2D eigenvalue weighted by molar-refractivity contribution is 7.09. The number of urea groups is 1. The number of thiazole rings is 1. The Hall–Kier alpha value is -1.10. The van der Waals surface area contributed by atoms with Crippen molar-refractivity contribution in [2.24, 2.45) is 0 Å². The lowest BCUT2D eigenvalue weighted by molar-refractivity contribution is 0.183. The van der Waals surface area contributed by atoms with Gasteiger partial charge >= 0.3 is 6.03 Å². The lowest BCUT2D eigenvalue weighted by Gasteiger charge is -2.29. The quantitative estimate of drug-likeness (QED) is 0.850. The largest absolute Gasteiger partial charge is 0.338 e. The molecule has 15 heavy (non-hydrogen) atoms. The second kappa shape index (κ2) is 4.61. The van der Waals surface area contributed by atoms with Crippen LogP contribution in [0.4, 0.5) is 4.79 Å². The van der Waals surface area contributed by atoms with Crippen LogP contribution in [0.5, 0.6) is 0 Å². The Balaban J connectivity index is 1.93. The van der Waals surface area contributed by atoms with Crippen molar-refractivity contribution in [3.05, 3.63) is 16.6 Å². The van der Waals surface area contributed by atoms with E-state index in [1.165, 1.54) is 0 Å². The monoisotopic (exact) mass is 225 g/mol. The predicted molar refractivity (Wildman–Crippen MR) is 60.1 cm³/mol. The Morgan fingerprint density at radius 2 is 2.60 bits per heavy atom. The molecular weight excluding hydrogens is 210 g/mol. The van der Waals surface area contributed by atoms with E-state index in [-0.39, 0.29) is 6.03 Å². The highest BCUT2D eigenvalue weighted by Crippen LogP contribution is 2.19. The SMILES string of the molecule is CC(CN1CCCNC1=O)c1nccs1. The third-order valence-corrected chi connectivity index (χ3v) is 3.54. The normalized spacial score (nSPS) is 18.7. The molecule has 0 bridgehead atoms. The van der Waals surface area contributed by atoms with Gasteiger partial charge in [-0.05, 0) is 6.42 Å². The second-order valence-electron chi connectivity index (χ2n) is 3.80. The number of rotatable bonds is 3. The third-order valence-electron chi connectivity index (χ3n) is 2.54. The number of hydrogen-bond donors (Lipinski definition) is 1. The molecule has 0 radical (unpaired) electrons. The van der Waals surface area contributed by atoms with Gasteiger partial charge in [0, 0.05) is 37.1 Å². The topological polar surface area (TPSA) is 45.2 Å². The molecule has 0 aromatic carbocycles. The first-order valence-corrected chi connectivity index (χ1v) is 6.07.